The first-order chi connectivity index (χ1) is 34.0. The fourth-order valence-corrected chi connectivity index (χ4v) is 8.35. The molecule has 0 aliphatic carbocycles. The van der Waals surface area contributed by atoms with Crippen LogP contribution in [0.5, 0.6) is 0 Å². The second-order valence-electron chi connectivity index (χ2n) is 19.5. The molecule has 6 nitrogen and oxygen atoms in total. The lowest BCUT2D eigenvalue weighted by atomic mass is 10.0. The number of ether oxygens (including phenoxy) is 3. The Kier molecular flexibility index (Phi) is 54.8. The highest BCUT2D eigenvalue weighted by atomic mass is 16.6. The average molecular weight is 964 g/mol. The van der Waals surface area contributed by atoms with E-state index >= 15 is 0 Å². The molecule has 0 heterocycles. The van der Waals surface area contributed by atoms with Gasteiger partial charge in [0.25, 0.3) is 0 Å². The molecule has 0 saturated carbocycles. The Morgan fingerprint density at radius 2 is 0.565 bits per heavy atom. The molecular weight excluding hydrogens is 853 g/mol. The summed E-state index contributed by atoms with van der Waals surface area (Å²) in [7, 11) is 0. The largest absolute Gasteiger partial charge is 0.462 e. The van der Waals surface area contributed by atoms with Crippen molar-refractivity contribution in [3.8, 4) is 0 Å². The van der Waals surface area contributed by atoms with E-state index in [1.165, 1.54) is 167 Å². The number of unbranched alkanes of at least 4 members (excludes halogenated alkanes) is 30. The van der Waals surface area contributed by atoms with Crippen molar-refractivity contribution in [2.45, 2.75) is 297 Å². The molecule has 0 saturated heterocycles. The molecule has 0 aromatic rings. The SMILES string of the molecule is CC/C=C\C/C=C\C/C=C\C/C=C\C/C=C\C/C=C\CCC(=O)O[C@@H](COC(=O)CCCCCCCCCCCCCCC)COC(=O)CCCCCCCCCCCCCCCCCCCCC. The van der Waals surface area contributed by atoms with E-state index in [0.29, 0.717) is 19.3 Å². The first-order valence-corrected chi connectivity index (χ1v) is 29.4. The van der Waals surface area contributed by atoms with Crippen LogP contribution < -0.4 is 0 Å². The van der Waals surface area contributed by atoms with Gasteiger partial charge in [-0.15, -0.1) is 0 Å². The summed E-state index contributed by atoms with van der Waals surface area (Å²) >= 11 is 0. The summed E-state index contributed by atoms with van der Waals surface area (Å²) in [6.07, 6.45) is 73.4. The Bertz CT molecular complexity index is 1290. The minimum Gasteiger partial charge on any atom is -0.462 e. The molecule has 0 aromatic heterocycles. The van der Waals surface area contributed by atoms with Crippen molar-refractivity contribution in [3.05, 3.63) is 72.9 Å². The monoisotopic (exact) mass is 963 g/mol. The predicted octanol–water partition coefficient (Wildman–Crippen LogP) is 19.8. The summed E-state index contributed by atoms with van der Waals surface area (Å²) in [5.74, 6) is -0.973. The van der Waals surface area contributed by atoms with Crippen molar-refractivity contribution in [2.24, 2.45) is 0 Å². The van der Waals surface area contributed by atoms with Crippen LogP contribution in [0.4, 0.5) is 0 Å². The van der Waals surface area contributed by atoms with Crippen LogP contribution in [0.25, 0.3) is 0 Å². The summed E-state index contributed by atoms with van der Waals surface area (Å²) < 4.78 is 16.8. The number of esters is 3. The van der Waals surface area contributed by atoms with Crippen LogP contribution in [-0.4, -0.2) is 37.2 Å². The second kappa shape index (κ2) is 57.4. The van der Waals surface area contributed by atoms with Gasteiger partial charge in [0.2, 0.25) is 0 Å². The van der Waals surface area contributed by atoms with Gasteiger partial charge in [0, 0.05) is 19.3 Å². The van der Waals surface area contributed by atoms with Crippen LogP contribution in [0.2, 0.25) is 0 Å². The van der Waals surface area contributed by atoms with Gasteiger partial charge in [-0.2, -0.15) is 0 Å². The minimum absolute atomic E-state index is 0.102. The lowest BCUT2D eigenvalue weighted by Gasteiger charge is -2.18. The summed E-state index contributed by atoms with van der Waals surface area (Å²) in [6, 6.07) is 0. The molecule has 0 bridgehead atoms. The van der Waals surface area contributed by atoms with Crippen LogP contribution in [0, 0.1) is 0 Å². The third-order valence-corrected chi connectivity index (χ3v) is 12.7. The Balaban J connectivity index is 4.44. The Morgan fingerprint density at radius 3 is 0.855 bits per heavy atom. The van der Waals surface area contributed by atoms with Gasteiger partial charge < -0.3 is 14.2 Å². The fraction of sp³-hybridized carbons (Fsp3) is 0.762. The Hall–Kier alpha value is -3.15. The van der Waals surface area contributed by atoms with E-state index in [9.17, 15) is 14.4 Å². The number of hydrogen-bond acceptors (Lipinski definition) is 6. The Morgan fingerprint density at radius 1 is 0.304 bits per heavy atom. The van der Waals surface area contributed by atoms with Crippen molar-refractivity contribution >= 4 is 17.9 Å². The zero-order valence-corrected chi connectivity index (χ0v) is 45.6. The number of hydrogen-bond donors (Lipinski definition) is 0. The third kappa shape index (κ3) is 55.6. The standard InChI is InChI=1S/C63H110O6/c1-4-7-10-13-16-19-22-25-27-29-31-33-35-38-41-44-47-50-53-56-62(65)68-59-60(58-67-61(64)55-52-49-46-43-40-37-24-21-18-15-12-9-6-3)69-63(66)57-54-51-48-45-42-39-36-34-32-30-28-26-23-20-17-14-11-8-5-2/h8,11,17,20,26,28,32,34,39,42,48,51,60H,4-7,9-10,12-16,18-19,21-25,27,29-31,33,35-38,40-41,43-47,49-50,52-59H2,1-3H3/b11-8-,20-17-,28-26-,34-32-,42-39-,51-48-/t60-/m0/s1. The molecule has 398 valence electrons. The van der Waals surface area contributed by atoms with E-state index in [1.54, 1.807) is 0 Å². The van der Waals surface area contributed by atoms with E-state index in [2.05, 4.69) is 87.6 Å². The first kappa shape index (κ1) is 65.8. The lowest BCUT2D eigenvalue weighted by molar-refractivity contribution is -0.166. The minimum atomic E-state index is -0.813. The number of rotatable bonds is 53. The molecule has 1 atom stereocenters. The van der Waals surface area contributed by atoms with E-state index in [0.717, 1.165) is 77.0 Å². The molecule has 0 unspecified atom stereocenters. The zero-order chi connectivity index (χ0) is 50.0. The average Bonchev–Trinajstić information content (AvgIpc) is 3.35. The van der Waals surface area contributed by atoms with Crippen LogP contribution in [0.3, 0.4) is 0 Å². The van der Waals surface area contributed by atoms with Gasteiger partial charge in [-0.3, -0.25) is 14.4 Å². The maximum atomic E-state index is 12.8. The smallest absolute Gasteiger partial charge is 0.306 e. The number of allylic oxidation sites excluding steroid dienone is 12. The summed E-state index contributed by atoms with van der Waals surface area (Å²) in [5, 5.41) is 0. The van der Waals surface area contributed by atoms with Gasteiger partial charge in [0.1, 0.15) is 13.2 Å². The molecule has 0 radical (unpaired) electrons. The van der Waals surface area contributed by atoms with Crippen molar-refractivity contribution in [2.75, 3.05) is 13.2 Å². The van der Waals surface area contributed by atoms with Crippen molar-refractivity contribution in [3.63, 3.8) is 0 Å². The zero-order valence-electron chi connectivity index (χ0n) is 45.6. The summed E-state index contributed by atoms with van der Waals surface area (Å²) in [6.45, 7) is 6.50. The molecule has 0 aliphatic rings. The number of carbonyl (C=O) groups excluding carboxylic acids is 3. The first-order valence-electron chi connectivity index (χ1n) is 29.4. The molecule has 0 amide bonds. The second-order valence-corrected chi connectivity index (χ2v) is 19.5. The topological polar surface area (TPSA) is 78.9 Å². The number of carbonyl (C=O) groups is 3. The van der Waals surface area contributed by atoms with Gasteiger partial charge in [0.05, 0.1) is 0 Å². The molecule has 0 aromatic carbocycles. The van der Waals surface area contributed by atoms with Crippen molar-refractivity contribution in [1.29, 1.82) is 0 Å². The maximum absolute atomic E-state index is 12.8. The van der Waals surface area contributed by atoms with Gasteiger partial charge >= 0.3 is 17.9 Å². The van der Waals surface area contributed by atoms with Gasteiger partial charge in [-0.25, -0.2) is 0 Å². The van der Waals surface area contributed by atoms with Crippen LogP contribution >= 0.6 is 0 Å². The highest BCUT2D eigenvalue weighted by Gasteiger charge is 2.19. The highest BCUT2D eigenvalue weighted by Crippen LogP contribution is 2.17. The molecule has 0 fully saturated rings. The summed E-state index contributed by atoms with van der Waals surface area (Å²) in [4.78, 5) is 38.1. The third-order valence-electron chi connectivity index (χ3n) is 12.7. The molecule has 0 aliphatic heterocycles. The lowest BCUT2D eigenvalue weighted by Crippen LogP contribution is -2.30. The predicted molar refractivity (Wildman–Crippen MR) is 298 cm³/mol. The Labute approximate surface area is 427 Å². The molecular formula is C63H110O6. The van der Waals surface area contributed by atoms with Gasteiger partial charge in [-0.05, 0) is 57.8 Å². The molecule has 0 spiro atoms. The van der Waals surface area contributed by atoms with Crippen molar-refractivity contribution < 1.29 is 28.6 Å². The molecule has 0 N–H and O–H groups in total. The quantitative estimate of drug-likeness (QED) is 0.0262. The van der Waals surface area contributed by atoms with Crippen LogP contribution in [-0.2, 0) is 28.6 Å². The van der Waals surface area contributed by atoms with E-state index in [-0.39, 0.29) is 37.5 Å². The fourth-order valence-electron chi connectivity index (χ4n) is 8.35. The molecule has 0 rings (SSSR count). The van der Waals surface area contributed by atoms with E-state index in [1.807, 2.05) is 6.08 Å². The van der Waals surface area contributed by atoms with Gasteiger partial charge in [-0.1, -0.05) is 286 Å². The van der Waals surface area contributed by atoms with E-state index in [4.69, 9.17) is 14.2 Å². The highest BCUT2D eigenvalue weighted by molar-refractivity contribution is 5.71. The van der Waals surface area contributed by atoms with Crippen LogP contribution in [0.1, 0.15) is 290 Å². The normalized spacial score (nSPS) is 12.6. The van der Waals surface area contributed by atoms with E-state index < -0.39 is 6.10 Å². The van der Waals surface area contributed by atoms with Gasteiger partial charge in [0.15, 0.2) is 6.10 Å². The molecule has 69 heavy (non-hydrogen) atoms. The molecule has 6 heteroatoms. The van der Waals surface area contributed by atoms with Crippen LogP contribution in [0.15, 0.2) is 72.9 Å². The van der Waals surface area contributed by atoms with Crippen molar-refractivity contribution in [1.82, 2.24) is 0 Å². The summed E-state index contributed by atoms with van der Waals surface area (Å²) in [5.41, 5.74) is 0. The maximum Gasteiger partial charge on any atom is 0.306 e.